The molecule has 38 heavy (non-hydrogen) atoms. The van der Waals surface area contributed by atoms with E-state index in [2.05, 4.69) is 20.6 Å². The van der Waals surface area contributed by atoms with Crippen molar-refractivity contribution in [1.82, 2.24) is 30.0 Å². The molecule has 0 unspecified atom stereocenters. The molecule has 0 bridgehead atoms. The van der Waals surface area contributed by atoms with Gasteiger partial charge in [-0.05, 0) is 25.0 Å². The summed E-state index contributed by atoms with van der Waals surface area (Å²) in [6.45, 7) is -0.561. The molecule has 1 saturated heterocycles. The number of hydrogen-bond donors (Lipinski definition) is 3. The van der Waals surface area contributed by atoms with E-state index >= 15 is 0 Å². The smallest absolute Gasteiger partial charge is 0.195 e. The van der Waals surface area contributed by atoms with Gasteiger partial charge in [0.15, 0.2) is 17.5 Å². The van der Waals surface area contributed by atoms with Crippen molar-refractivity contribution in [2.45, 2.75) is 68.1 Å². The molecule has 1 aromatic carbocycles. The minimum Gasteiger partial charge on any atom is -0.394 e. The van der Waals surface area contributed by atoms with Gasteiger partial charge in [-0.3, -0.25) is 0 Å². The Morgan fingerprint density at radius 3 is 2.50 bits per heavy atom. The maximum absolute atomic E-state index is 14.4. The minimum absolute atomic E-state index is 0.0511. The molecule has 11 nitrogen and oxygen atoms in total. The number of rotatable bonds is 8. The number of methoxy groups -OCH3 is 1. The van der Waals surface area contributed by atoms with Crippen LogP contribution < -0.4 is 0 Å². The van der Waals surface area contributed by atoms with Gasteiger partial charge in [0.05, 0.1) is 36.7 Å². The monoisotopic (exact) mass is 538 g/mol. The van der Waals surface area contributed by atoms with E-state index in [1.807, 2.05) is 0 Å². The summed E-state index contributed by atoms with van der Waals surface area (Å²) in [6.07, 6.45) is 2.96. The first-order valence-corrected chi connectivity index (χ1v) is 12.4. The van der Waals surface area contributed by atoms with Crippen LogP contribution in [0.15, 0.2) is 24.5 Å². The lowest BCUT2D eigenvalue weighted by Gasteiger charge is -2.43. The van der Waals surface area contributed by atoms with Crippen molar-refractivity contribution in [3.63, 3.8) is 0 Å². The Morgan fingerprint density at radius 1 is 1.05 bits per heavy atom. The molecule has 3 heterocycles. The molecule has 0 amide bonds. The van der Waals surface area contributed by atoms with Gasteiger partial charge in [0.1, 0.15) is 30.0 Å². The minimum atomic E-state index is -1.63. The molecule has 2 aliphatic rings. The molecule has 5 rings (SSSR count). The molecule has 3 aromatic rings. The van der Waals surface area contributed by atoms with Crippen LogP contribution in [0.2, 0.25) is 0 Å². The summed E-state index contributed by atoms with van der Waals surface area (Å²) < 4.78 is 56.1. The number of benzene rings is 1. The highest BCUT2D eigenvalue weighted by Crippen LogP contribution is 2.37. The maximum atomic E-state index is 14.4. The molecule has 1 aliphatic carbocycles. The Labute approximate surface area is 215 Å². The van der Waals surface area contributed by atoms with E-state index in [1.54, 1.807) is 10.9 Å². The molecule has 3 N–H and O–H groups in total. The van der Waals surface area contributed by atoms with Gasteiger partial charge in [-0.15, -0.1) is 10.2 Å². The number of nitrogens with zero attached hydrogens (tertiary/aromatic N) is 6. The van der Waals surface area contributed by atoms with Crippen molar-refractivity contribution in [2.75, 3.05) is 20.3 Å². The third-order valence-electron chi connectivity index (χ3n) is 7.63. The number of aliphatic hydroxyl groups excluding tert-OH is 3. The molecule has 206 valence electrons. The van der Waals surface area contributed by atoms with Crippen LogP contribution >= 0.6 is 0 Å². The molecular formula is C24H29F3N6O5. The Hall–Kier alpha value is -2.91. The predicted octanol–water partition coefficient (Wildman–Crippen LogP) is 1.13. The van der Waals surface area contributed by atoms with E-state index in [1.165, 1.54) is 18.0 Å². The fourth-order valence-corrected chi connectivity index (χ4v) is 5.52. The van der Waals surface area contributed by atoms with Crippen molar-refractivity contribution < 1.29 is 38.0 Å². The molecular weight excluding hydrogens is 509 g/mol. The largest absolute Gasteiger partial charge is 0.394 e. The van der Waals surface area contributed by atoms with Crippen molar-refractivity contribution >= 4 is 0 Å². The Kier molecular flexibility index (Phi) is 7.51. The Bertz CT molecular complexity index is 1270. The fraction of sp³-hybridized carbons (Fsp3) is 0.583. The van der Waals surface area contributed by atoms with Crippen LogP contribution in [0.4, 0.5) is 13.2 Å². The van der Waals surface area contributed by atoms with Crippen LogP contribution in [0, 0.1) is 17.5 Å². The second kappa shape index (κ2) is 10.7. The molecule has 1 saturated carbocycles. The molecule has 0 radical (unpaired) electrons. The number of aliphatic hydroxyl groups is 3. The number of halogens is 3. The zero-order valence-electron chi connectivity index (χ0n) is 20.6. The van der Waals surface area contributed by atoms with E-state index in [0.29, 0.717) is 5.69 Å². The number of ether oxygens (including phenoxy) is 2. The van der Waals surface area contributed by atoms with Gasteiger partial charge in [0, 0.05) is 25.3 Å². The lowest BCUT2D eigenvalue weighted by atomic mass is 9.90. The van der Waals surface area contributed by atoms with E-state index in [-0.39, 0.29) is 24.3 Å². The highest BCUT2D eigenvalue weighted by atomic mass is 19.2. The summed E-state index contributed by atoms with van der Waals surface area (Å²) in [4.78, 5) is 0. The standard InChI is InChI=1S/C24H29F3N6O5/c1-37-23-17(8-13-9-33(31-28-13)24(12-35)6-2-3-7-24)38-18(11-34)22(36)21(23)32-10-16(29-30-32)14-4-5-15(25)20(27)19(14)26/h4-5,9-10,17-18,21-23,34-36H,2-3,6-8,11-12H2,1H3/t17-,18-,21+,22+,23+/m1/s1. The third-order valence-corrected chi connectivity index (χ3v) is 7.63. The van der Waals surface area contributed by atoms with Gasteiger partial charge in [-0.25, -0.2) is 22.5 Å². The van der Waals surface area contributed by atoms with E-state index in [9.17, 15) is 28.5 Å². The van der Waals surface area contributed by atoms with Crippen molar-refractivity contribution in [3.05, 3.63) is 47.7 Å². The molecule has 2 aromatic heterocycles. The lowest BCUT2D eigenvalue weighted by molar-refractivity contribution is -0.212. The van der Waals surface area contributed by atoms with E-state index in [0.717, 1.165) is 37.8 Å². The quantitative estimate of drug-likeness (QED) is 0.360. The van der Waals surface area contributed by atoms with Crippen LogP contribution in [0.5, 0.6) is 0 Å². The van der Waals surface area contributed by atoms with Gasteiger partial charge >= 0.3 is 0 Å². The normalized spacial score (nSPS) is 27.2. The average Bonchev–Trinajstić information content (AvgIpc) is 3.69. The highest BCUT2D eigenvalue weighted by Gasteiger charge is 2.47. The Morgan fingerprint density at radius 2 is 1.82 bits per heavy atom. The number of aromatic nitrogens is 6. The molecule has 0 spiro atoms. The van der Waals surface area contributed by atoms with Crippen LogP contribution in [0.25, 0.3) is 11.3 Å². The van der Waals surface area contributed by atoms with Gasteiger partial charge in [0.2, 0.25) is 0 Å². The predicted molar refractivity (Wildman–Crippen MR) is 124 cm³/mol. The van der Waals surface area contributed by atoms with Crippen LogP contribution in [0.3, 0.4) is 0 Å². The Balaban J connectivity index is 1.43. The number of hydrogen-bond acceptors (Lipinski definition) is 9. The fourth-order valence-electron chi connectivity index (χ4n) is 5.52. The topological polar surface area (TPSA) is 141 Å². The van der Waals surface area contributed by atoms with Crippen molar-refractivity contribution in [1.29, 1.82) is 0 Å². The first-order valence-electron chi connectivity index (χ1n) is 12.4. The summed E-state index contributed by atoms with van der Waals surface area (Å²) in [5, 5.41) is 47.3. The zero-order valence-corrected chi connectivity index (χ0v) is 20.6. The molecule has 5 atom stereocenters. The van der Waals surface area contributed by atoms with E-state index < -0.39 is 60.1 Å². The molecule has 2 fully saturated rings. The van der Waals surface area contributed by atoms with E-state index in [4.69, 9.17) is 9.47 Å². The highest BCUT2D eigenvalue weighted by molar-refractivity contribution is 5.58. The molecule has 14 heteroatoms. The van der Waals surface area contributed by atoms with Crippen LogP contribution in [-0.4, -0.2) is 90.0 Å². The van der Waals surface area contributed by atoms with Gasteiger partial charge < -0.3 is 24.8 Å². The van der Waals surface area contributed by atoms with Crippen molar-refractivity contribution in [2.24, 2.45) is 0 Å². The summed E-state index contributed by atoms with van der Waals surface area (Å²) in [7, 11) is 1.42. The second-order valence-electron chi connectivity index (χ2n) is 9.83. The first kappa shape index (κ1) is 26.7. The third kappa shape index (κ3) is 4.60. The second-order valence-corrected chi connectivity index (χ2v) is 9.83. The zero-order chi connectivity index (χ0) is 27.0. The summed E-state index contributed by atoms with van der Waals surface area (Å²) in [5.41, 5.74) is -0.312. The summed E-state index contributed by atoms with van der Waals surface area (Å²) in [6, 6.07) is 0.896. The van der Waals surface area contributed by atoms with Crippen LogP contribution in [-0.2, 0) is 21.4 Å². The SMILES string of the molecule is CO[C@@H]1[C@@H](n2cc(-c3ccc(F)c(F)c3F)nn2)[C@@H](O)[C@@H](CO)O[C@@H]1Cc1cn(C2(CO)CCCC2)nn1. The lowest BCUT2D eigenvalue weighted by Crippen LogP contribution is -2.57. The first-order chi connectivity index (χ1) is 18.3. The average molecular weight is 539 g/mol. The van der Waals surface area contributed by atoms with Crippen LogP contribution in [0.1, 0.15) is 37.4 Å². The maximum Gasteiger partial charge on any atom is 0.195 e. The van der Waals surface area contributed by atoms with Gasteiger partial charge in [-0.1, -0.05) is 23.3 Å². The van der Waals surface area contributed by atoms with Crippen molar-refractivity contribution in [3.8, 4) is 11.3 Å². The summed E-state index contributed by atoms with van der Waals surface area (Å²) in [5.74, 6) is -4.38. The van der Waals surface area contributed by atoms with Gasteiger partial charge in [0.25, 0.3) is 0 Å². The van der Waals surface area contributed by atoms with Gasteiger partial charge in [-0.2, -0.15) is 0 Å². The summed E-state index contributed by atoms with van der Waals surface area (Å²) >= 11 is 0. The molecule has 1 aliphatic heterocycles.